The van der Waals surface area contributed by atoms with E-state index in [2.05, 4.69) is 25.8 Å². The summed E-state index contributed by atoms with van der Waals surface area (Å²) >= 11 is 6.19. The van der Waals surface area contributed by atoms with Gasteiger partial charge in [0, 0.05) is 5.39 Å². The Morgan fingerprint density at radius 3 is 2.41 bits per heavy atom. The fraction of sp³-hybridized carbons (Fsp3) is 0.357. The minimum Gasteiger partial charge on any atom is -0.236 e. The highest BCUT2D eigenvalue weighted by molar-refractivity contribution is 6.30. The van der Waals surface area contributed by atoms with Gasteiger partial charge in [-0.05, 0) is 41.7 Å². The van der Waals surface area contributed by atoms with Gasteiger partial charge in [-0.15, -0.1) is 0 Å². The predicted molar refractivity (Wildman–Crippen MR) is 70.1 cm³/mol. The van der Waals surface area contributed by atoms with Crippen LogP contribution in [0.1, 0.15) is 31.9 Å². The molecule has 0 unspecified atom stereocenters. The molecule has 1 heterocycles. The molecule has 0 radical (unpaired) electrons. The lowest BCUT2D eigenvalue weighted by Gasteiger charge is -2.20. The minimum atomic E-state index is -0.237. The van der Waals surface area contributed by atoms with E-state index in [0.29, 0.717) is 5.15 Å². The molecule has 90 valence electrons. The molecule has 3 heteroatoms. The van der Waals surface area contributed by atoms with Crippen molar-refractivity contribution in [2.45, 2.75) is 33.1 Å². The molecule has 17 heavy (non-hydrogen) atoms. The standard InChI is InChI=1S/C14H15ClFN/c1-8-5-10(16)6-9-7-11(14(2,3)4)13(15)17-12(8)9/h5-7H,1-4H3. The molecule has 0 saturated heterocycles. The van der Waals surface area contributed by atoms with Crippen molar-refractivity contribution in [3.8, 4) is 0 Å². The summed E-state index contributed by atoms with van der Waals surface area (Å²) in [5.41, 5.74) is 2.42. The highest BCUT2D eigenvalue weighted by Gasteiger charge is 2.19. The van der Waals surface area contributed by atoms with Gasteiger partial charge < -0.3 is 0 Å². The third kappa shape index (κ3) is 2.27. The Morgan fingerprint density at radius 1 is 1.18 bits per heavy atom. The summed E-state index contributed by atoms with van der Waals surface area (Å²) in [4.78, 5) is 4.38. The second-order valence-corrected chi connectivity index (χ2v) is 5.73. The minimum absolute atomic E-state index is 0.0987. The molecule has 0 saturated carbocycles. The number of hydrogen-bond donors (Lipinski definition) is 0. The highest BCUT2D eigenvalue weighted by atomic mass is 35.5. The SMILES string of the molecule is Cc1cc(F)cc2cc(C(C)(C)C)c(Cl)nc12. The topological polar surface area (TPSA) is 12.9 Å². The van der Waals surface area contributed by atoms with E-state index < -0.39 is 0 Å². The second-order valence-electron chi connectivity index (χ2n) is 5.37. The summed E-state index contributed by atoms with van der Waals surface area (Å²) in [6.07, 6.45) is 0. The molecule has 0 spiro atoms. The summed E-state index contributed by atoms with van der Waals surface area (Å²) in [7, 11) is 0. The van der Waals surface area contributed by atoms with Gasteiger partial charge in [-0.3, -0.25) is 0 Å². The number of benzene rings is 1. The monoisotopic (exact) mass is 251 g/mol. The number of aromatic nitrogens is 1. The first-order valence-corrected chi connectivity index (χ1v) is 5.94. The van der Waals surface area contributed by atoms with Crippen molar-refractivity contribution in [3.05, 3.63) is 40.3 Å². The molecule has 1 nitrogen and oxygen atoms in total. The van der Waals surface area contributed by atoms with Crippen LogP contribution in [0.2, 0.25) is 5.15 Å². The zero-order valence-corrected chi connectivity index (χ0v) is 11.2. The molecule has 0 fully saturated rings. The van der Waals surface area contributed by atoms with Crippen LogP contribution in [0.4, 0.5) is 4.39 Å². The number of aryl methyl sites for hydroxylation is 1. The summed E-state index contributed by atoms with van der Waals surface area (Å²) in [6.45, 7) is 8.03. The second kappa shape index (κ2) is 3.95. The molecular weight excluding hydrogens is 237 g/mol. The largest absolute Gasteiger partial charge is 0.236 e. The molecular formula is C14H15ClFN. The van der Waals surface area contributed by atoms with Crippen LogP contribution >= 0.6 is 11.6 Å². The van der Waals surface area contributed by atoms with Gasteiger partial charge in [0.25, 0.3) is 0 Å². The number of nitrogens with zero attached hydrogens (tertiary/aromatic N) is 1. The van der Waals surface area contributed by atoms with E-state index in [-0.39, 0.29) is 11.2 Å². The van der Waals surface area contributed by atoms with Gasteiger partial charge in [-0.25, -0.2) is 9.37 Å². The number of pyridine rings is 1. The average Bonchev–Trinajstić information content (AvgIpc) is 2.16. The predicted octanol–water partition coefficient (Wildman–Crippen LogP) is 4.63. The third-order valence-corrected chi connectivity index (χ3v) is 3.12. The van der Waals surface area contributed by atoms with Gasteiger partial charge in [0.2, 0.25) is 0 Å². The van der Waals surface area contributed by atoms with E-state index in [1.54, 1.807) is 0 Å². The summed E-state index contributed by atoms with van der Waals surface area (Å²) in [5.74, 6) is -0.237. The number of rotatable bonds is 0. The van der Waals surface area contributed by atoms with Crippen molar-refractivity contribution in [1.29, 1.82) is 0 Å². The van der Waals surface area contributed by atoms with Crippen LogP contribution in [0.15, 0.2) is 18.2 Å². The fourth-order valence-electron chi connectivity index (χ4n) is 1.92. The zero-order valence-electron chi connectivity index (χ0n) is 10.4. The van der Waals surface area contributed by atoms with E-state index in [0.717, 1.165) is 22.0 Å². The first-order valence-electron chi connectivity index (χ1n) is 5.56. The Hall–Kier alpha value is -1.15. The Labute approximate surface area is 106 Å². The van der Waals surface area contributed by atoms with E-state index in [9.17, 15) is 4.39 Å². The lowest BCUT2D eigenvalue weighted by Crippen LogP contribution is -2.12. The van der Waals surface area contributed by atoms with Crippen LogP contribution < -0.4 is 0 Å². The first kappa shape index (κ1) is 12.3. The molecule has 0 aliphatic carbocycles. The fourth-order valence-corrected chi connectivity index (χ4v) is 2.35. The number of halogens is 2. The lowest BCUT2D eigenvalue weighted by atomic mass is 9.87. The number of hydrogen-bond acceptors (Lipinski definition) is 1. The molecule has 1 aromatic carbocycles. The molecule has 0 N–H and O–H groups in total. The van der Waals surface area contributed by atoms with Gasteiger partial charge in [0.05, 0.1) is 5.52 Å². The molecule has 2 aromatic rings. The van der Waals surface area contributed by atoms with E-state index in [4.69, 9.17) is 11.6 Å². The Kier molecular flexibility index (Phi) is 2.86. The Morgan fingerprint density at radius 2 is 1.82 bits per heavy atom. The Bertz CT molecular complexity index is 585. The highest BCUT2D eigenvalue weighted by Crippen LogP contribution is 2.32. The maximum Gasteiger partial charge on any atom is 0.133 e. The van der Waals surface area contributed by atoms with Gasteiger partial charge >= 0.3 is 0 Å². The first-order chi connectivity index (χ1) is 7.79. The molecule has 0 aliphatic rings. The van der Waals surface area contributed by atoms with Gasteiger partial charge in [-0.2, -0.15) is 0 Å². The maximum atomic E-state index is 13.4. The van der Waals surface area contributed by atoms with Crippen LogP contribution in [0, 0.1) is 12.7 Å². The van der Waals surface area contributed by atoms with Crippen LogP contribution in [0.3, 0.4) is 0 Å². The van der Waals surface area contributed by atoms with E-state index in [1.807, 2.05) is 13.0 Å². The Balaban J connectivity index is 2.81. The summed E-state index contributed by atoms with van der Waals surface area (Å²) < 4.78 is 13.4. The van der Waals surface area contributed by atoms with Crippen molar-refractivity contribution < 1.29 is 4.39 Å². The van der Waals surface area contributed by atoms with Crippen molar-refractivity contribution >= 4 is 22.5 Å². The van der Waals surface area contributed by atoms with Crippen LogP contribution in [-0.2, 0) is 5.41 Å². The normalized spacial score (nSPS) is 12.1. The van der Waals surface area contributed by atoms with Gasteiger partial charge in [-0.1, -0.05) is 32.4 Å². The van der Waals surface area contributed by atoms with Crippen LogP contribution in [0.25, 0.3) is 10.9 Å². The lowest BCUT2D eigenvalue weighted by molar-refractivity contribution is 0.588. The van der Waals surface area contributed by atoms with E-state index >= 15 is 0 Å². The molecule has 0 atom stereocenters. The molecule has 0 aliphatic heterocycles. The quantitative estimate of drug-likeness (QED) is 0.622. The molecule has 0 bridgehead atoms. The molecule has 1 aromatic heterocycles. The number of fused-ring (bicyclic) bond motifs is 1. The third-order valence-electron chi connectivity index (χ3n) is 2.83. The van der Waals surface area contributed by atoms with Crippen LogP contribution in [-0.4, -0.2) is 4.98 Å². The van der Waals surface area contributed by atoms with Crippen LogP contribution in [0.5, 0.6) is 0 Å². The smallest absolute Gasteiger partial charge is 0.133 e. The molecule has 0 amide bonds. The molecule has 2 rings (SSSR count). The maximum absolute atomic E-state index is 13.4. The van der Waals surface area contributed by atoms with Crippen molar-refractivity contribution in [2.24, 2.45) is 0 Å². The van der Waals surface area contributed by atoms with Crippen molar-refractivity contribution in [2.75, 3.05) is 0 Å². The zero-order chi connectivity index (χ0) is 12.8. The van der Waals surface area contributed by atoms with Crippen molar-refractivity contribution in [3.63, 3.8) is 0 Å². The van der Waals surface area contributed by atoms with Crippen molar-refractivity contribution in [1.82, 2.24) is 4.98 Å². The summed E-state index contributed by atoms with van der Waals surface area (Å²) in [5, 5.41) is 1.30. The van der Waals surface area contributed by atoms with Gasteiger partial charge in [0.1, 0.15) is 11.0 Å². The van der Waals surface area contributed by atoms with E-state index in [1.165, 1.54) is 12.1 Å². The summed E-state index contributed by atoms with van der Waals surface area (Å²) in [6, 6.07) is 4.91. The average molecular weight is 252 g/mol. The van der Waals surface area contributed by atoms with Gasteiger partial charge in [0.15, 0.2) is 0 Å².